The van der Waals surface area contributed by atoms with Gasteiger partial charge in [0.05, 0.1) is 39.0 Å². The van der Waals surface area contributed by atoms with Crippen molar-refractivity contribution in [1.29, 1.82) is 0 Å². The van der Waals surface area contributed by atoms with Gasteiger partial charge in [-0.15, -0.1) is 0 Å². The van der Waals surface area contributed by atoms with Gasteiger partial charge in [-0.05, 0) is 118 Å². The molecule has 2 heterocycles. The SMILES string of the molecule is Cc1cc(-n2c3ccc(-c4ccccc4)cc3c3cc(-c4ccccc4)ccc32)c(-c2c(F)c(F)c(F)c(F)c2F)c(-n2c3ccc(-c4ccccc4)cc3c3cc(-c4ccccc4)ccc32)c1. The molecule has 0 aliphatic rings. The van der Waals surface area contributed by atoms with Gasteiger partial charge in [0.2, 0.25) is 5.82 Å². The van der Waals surface area contributed by atoms with Gasteiger partial charge in [-0.2, -0.15) is 0 Å². The molecule has 0 fully saturated rings. The van der Waals surface area contributed by atoms with E-state index in [-0.39, 0.29) is 16.9 Å². The molecule has 0 unspecified atom stereocenters. The van der Waals surface area contributed by atoms with E-state index in [4.69, 9.17) is 0 Å². The number of aromatic nitrogens is 2. The molecule has 326 valence electrons. The highest BCUT2D eigenvalue weighted by Gasteiger charge is 2.32. The Balaban J connectivity index is 1.23. The van der Waals surface area contributed by atoms with Crippen LogP contribution in [0.3, 0.4) is 0 Å². The third-order valence-corrected chi connectivity index (χ3v) is 13.1. The second-order valence-electron chi connectivity index (χ2n) is 17.2. The minimum Gasteiger partial charge on any atom is -0.309 e. The minimum atomic E-state index is -2.23. The lowest BCUT2D eigenvalue weighted by Gasteiger charge is -2.22. The Kier molecular flexibility index (Phi) is 9.69. The number of rotatable bonds is 7. The van der Waals surface area contributed by atoms with E-state index in [1.54, 1.807) is 12.1 Å². The molecule has 0 aliphatic heterocycles. The predicted octanol–water partition coefficient (Wildman–Crippen LogP) is 17.2. The largest absolute Gasteiger partial charge is 0.309 e. The van der Waals surface area contributed by atoms with Crippen LogP contribution in [-0.4, -0.2) is 9.13 Å². The Morgan fingerprint density at radius 2 is 0.529 bits per heavy atom. The maximum Gasteiger partial charge on any atom is 0.200 e. The first-order valence-corrected chi connectivity index (χ1v) is 22.3. The molecule has 0 radical (unpaired) electrons. The van der Waals surface area contributed by atoms with E-state index < -0.39 is 34.6 Å². The second kappa shape index (κ2) is 16.1. The molecular weight excluding hydrogens is 856 g/mol. The summed E-state index contributed by atoms with van der Waals surface area (Å²) in [6, 6.07) is 67.5. The summed E-state index contributed by atoms with van der Waals surface area (Å²) in [5.41, 5.74) is 10.4. The van der Waals surface area contributed by atoms with Gasteiger partial charge in [0.15, 0.2) is 23.3 Å². The van der Waals surface area contributed by atoms with E-state index in [1.807, 2.05) is 186 Å². The third kappa shape index (κ3) is 6.53. The first-order valence-electron chi connectivity index (χ1n) is 22.3. The van der Waals surface area contributed by atoms with Crippen molar-refractivity contribution in [1.82, 2.24) is 9.13 Å². The number of aryl methyl sites for hydroxylation is 1. The molecule has 0 amide bonds. The Hall–Kier alpha value is -8.55. The van der Waals surface area contributed by atoms with Crippen molar-refractivity contribution in [2.75, 3.05) is 0 Å². The highest BCUT2D eigenvalue weighted by molar-refractivity contribution is 6.14. The van der Waals surface area contributed by atoms with Crippen LogP contribution < -0.4 is 0 Å². The molecule has 68 heavy (non-hydrogen) atoms. The highest BCUT2D eigenvalue weighted by atomic mass is 19.2. The summed E-state index contributed by atoms with van der Waals surface area (Å²) >= 11 is 0. The van der Waals surface area contributed by atoms with Crippen molar-refractivity contribution >= 4 is 43.6 Å². The van der Waals surface area contributed by atoms with Crippen molar-refractivity contribution < 1.29 is 22.0 Å². The number of halogens is 5. The molecule has 0 spiro atoms. The van der Waals surface area contributed by atoms with Crippen LogP contribution in [-0.2, 0) is 0 Å². The average Bonchev–Trinajstić information content (AvgIpc) is 3.90. The lowest BCUT2D eigenvalue weighted by Crippen LogP contribution is -2.10. The Morgan fingerprint density at radius 3 is 0.809 bits per heavy atom. The average molecular weight is 893 g/mol. The number of benzene rings is 10. The number of nitrogens with zero attached hydrogens (tertiary/aromatic N) is 2. The van der Waals surface area contributed by atoms with Crippen molar-refractivity contribution in [2.24, 2.45) is 0 Å². The molecule has 12 rings (SSSR count). The molecule has 0 saturated carbocycles. The zero-order chi connectivity index (χ0) is 46.2. The number of hydrogen-bond donors (Lipinski definition) is 0. The fourth-order valence-corrected chi connectivity index (χ4v) is 9.99. The Labute approximate surface area is 388 Å². The number of fused-ring (bicyclic) bond motifs is 6. The molecule has 0 bridgehead atoms. The van der Waals surface area contributed by atoms with Crippen LogP contribution in [0.4, 0.5) is 22.0 Å². The summed E-state index contributed by atoms with van der Waals surface area (Å²) in [4.78, 5) is 0. The van der Waals surface area contributed by atoms with Crippen molar-refractivity contribution in [3.05, 3.63) is 241 Å². The first-order chi connectivity index (χ1) is 33.2. The summed E-state index contributed by atoms with van der Waals surface area (Å²) in [5, 5.41) is 3.35. The van der Waals surface area contributed by atoms with Gasteiger partial charge < -0.3 is 9.13 Å². The van der Waals surface area contributed by atoms with E-state index in [0.29, 0.717) is 27.6 Å². The van der Waals surface area contributed by atoms with Gasteiger partial charge in [-0.3, -0.25) is 0 Å². The standard InChI is InChI=1S/C61H37F5N2/c1-36-30-53(67-49-26-22-41(37-14-6-2-7-15-37)32-45(49)46-33-42(23-27-50(46)67)38-16-8-3-9-17-38)55(56-57(62)59(64)61(66)60(65)58(56)63)54(31-36)68-51-28-24-43(39-18-10-4-11-19-39)34-47(51)48-35-44(25-29-52(48)68)40-20-12-5-13-21-40/h2-35H,1H3. The van der Waals surface area contributed by atoms with Gasteiger partial charge >= 0.3 is 0 Å². The maximum absolute atomic E-state index is 16.9. The van der Waals surface area contributed by atoms with Crippen LogP contribution in [0.15, 0.2) is 206 Å². The maximum atomic E-state index is 16.9. The third-order valence-electron chi connectivity index (χ3n) is 13.1. The highest BCUT2D eigenvalue weighted by Crippen LogP contribution is 2.47. The molecular formula is C61H37F5N2. The Bertz CT molecular complexity index is 3510. The van der Waals surface area contributed by atoms with Gasteiger partial charge in [0, 0.05) is 27.1 Å². The zero-order valence-electron chi connectivity index (χ0n) is 36.4. The molecule has 2 nitrogen and oxygen atoms in total. The Morgan fingerprint density at radius 1 is 0.265 bits per heavy atom. The van der Waals surface area contributed by atoms with E-state index in [1.165, 1.54) is 0 Å². The quantitative estimate of drug-likeness (QED) is 0.0857. The molecule has 7 heteroatoms. The molecule has 0 saturated heterocycles. The summed E-state index contributed by atoms with van der Waals surface area (Å²) in [6.45, 7) is 1.87. The molecule has 2 aromatic heterocycles. The van der Waals surface area contributed by atoms with E-state index in [9.17, 15) is 0 Å². The van der Waals surface area contributed by atoms with Crippen LogP contribution in [0, 0.1) is 36.0 Å². The topological polar surface area (TPSA) is 9.86 Å². The van der Waals surface area contributed by atoms with Crippen LogP contribution in [0.5, 0.6) is 0 Å². The molecule has 0 atom stereocenters. The van der Waals surface area contributed by atoms with Crippen LogP contribution in [0.1, 0.15) is 5.56 Å². The second-order valence-corrected chi connectivity index (χ2v) is 17.2. The van der Waals surface area contributed by atoms with Gasteiger partial charge in [-0.25, -0.2) is 22.0 Å². The summed E-state index contributed by atoms with van der Waals surface area (Å²) in [7, 11) is 0. The fraction of sp³-hybridized carbons (Fsp3) is 0.0164. The van der Waals surface area contributed by atoms with Gasteiger partial charge in [0.1, 0.15) is 0 Å². The molecule has 12 aromatic rings. The lowest BCUT2D eigenvalue weighted by atomic mass is 9.96. The summed E-state index contributed by atoms with van der Waals surface area (Å²) in [5.74, 6) is -10.1. The summed E-state index contributed by atoms with van der Waals surface area (Å²) in [6.07, 6.45) is 0. The van der Waals surface area contributed by atoms with Gasteiger partial charge in [-0.1, -0.05) is 146 Å². The van der Waals surface area contributed by atoms with E-state index in [2.05, 4.69) is 24.3 Å². The van der Waals surface area contributed by atoms with Gasteiger partial charge in [0.25, 0.3) is 0 Å². The van der Waals surface area contributed by atoms with Crippen molar-refractivity contribution in [3.63, 3.8) is 0 Å². The van der Waals surface area contributed by atoms with E-state index >= 15 is 22.0 Å². The first kappa shape index (κ1) is 40.9. The van der Waals surface area contributed by atoms with Crippen LogP contribution in [0.25, 0.3) is 111 Å². The minimum absolute atomic E-state index is 0.167. The smallest absolute Gasteiger partial charge is 0.200 e. The summed E-state index contributed by atoms with van der Waals surface area (Å²) < 4.78 is 84.3. The van der Waals surface area contributed by atoms with Crippen molar-refractivity contribution in [3.8, 4) is 67.0 Å². The molecule has 10 aromatic carbocycles. The number of hydrogen-bond acceptors (Lipinski definition) is 0. The van der Waals surface area contributed by atoms with E-state index in [0.717, 1.165) is 66.1 Å². The van der Waals surface area contributed by atoms with Crippen LogP contribution >= 0.6 is 0 Å². The molecule has 0 N–H and O–H groups in total. The zero-order valence-corrected chi connectivity index (χ0v) is 36.4. The fourth-order valence-electron chi connectivity index (χ4n) is 9.99. The molecule has 0 aliphatic carbocycles. The lowest BCUT2D eigenvalue weighted by molar-refractivity contribution is 0.381. The predicted molar refractivity (Wildman–Crippen MR) is 267 cm³/mol. The van der Waals surface area contributed by atoms with Crippen LogP contribution in [0.2, 0.25) is 0 Å². The monoisotopic (exact) mass is 892 g/mol. The normalized spacial score (nSPS) is 11.7. The van der Waals surface area contributed by atoms with Crippen molar-refractivity contribution in [2.45, 2.75) is 6.92 Å².